The second kappa shape index (κ2) is 6.36. The van der Waals surface area contributed by atoms with Crippen LogP contribution in [0.4, 0.5) is 5.82 Å². The predicted octanol–water partition coefficient (Wildman–Crippen LogP) is 2.27. The van der Waals surface area contributed by atoms with Crippen LogP contribution in [0.3, 0.4) is 0 Å². The van der Waals surface area contributed by atoms with Crippen LogP contribution in [0.25, 0.3) is 10.2 Å². The molecule has 0 bridgehead atoms. The number of rotatable bonds is 3. The smallest absolute Gasteiger partial charge is 0.339 e. The number of halogens is 1. The van der Waals surface area contributed by atoms with Gasteiger partial charge in [-0.2, -0.15) is 4.98 Å². The third-order valence-electron chi connectivity index (χ3n) is 3.69. The highest BCUT2D eigenvalue weighted by molar-refractivity contribution is 7.17. The first-order valence-corrected chi connectivity index (χ1v) is 8.41. The summed E-state index contributed by atoms with van der Waals surface area (Å²) in [6, 6.07) is 0. The number of nitrogens with zero attached hydrogens (tertiary/aromatic N) is 4. The fourth-order valence-corrected chi connectivity index (χ4v) is 3.62. The number of carbonyl (C=O) groups excluding carboxylic acids is 1. The fourth-order valence-electron chi connectivity index (χ4n) is 2.50. The number of thiophene rings is 1. The zero-order valence-electron chi connectivity index (χ0n) is 12.5. The van der Waals surface area contributed by atoms with Gasteiger partial charge in [-0.3, -0.25) is 0 Å². The Morgan fingerprint density at radius 3 is 2.77 bits per heavy atom. The lowest BCUT2D eigenvalue weighted by molar-refractivity contribution is 0.0529. The average Bonchev–Trinajstić information content (AvgIpc) is 2.91. The summed E-state index contributed by atoms with van der Waals surface area (Å²) in [7, 11) is 2.09. The van der Waals surface area contributed by atoms with Crippen LogP contribution < -0.4 is 4.90 Å². The fraction of sp³-hybridized carbons (Fsp3) is 0.500. The van der Waals surface area contributed by atoms with Crippen molar-refractivity contribution in [2.45, 2.75) is 6.92 Å². The molecule has 0 aromatic carbocycles. The molecule has 0 unspecified atom stereocenters. The van der Waals surface area contributed by atoms with Gasteiger partial charge in [-0.25, -0.2) is 9.78 Å². The van der Waals surface area contributed by atoms with E-state index < -0.39 is 0 Å². The van der Waals surface area contributed by atoms with Crippen LogP contribution in [0.15, 0.2) is 5.38 Å². The molecule has 0 spiro atoms. The molecule has 1 aliphatic heterocycles. The van der Waals surface area contributed by atoms with Crippen LogP contribution in [0.1, 0.15) is 17.3 Å². The molecule has 2 aromatic rings. The molecule has 0 aliphatic carbocycles. The lowest BCUT2D eigenvalue weighted by Crippen LogP contribution is -2.45. The number of hydrogen-bond donors (Lipinski definition) is 0. The predicted molar refractivity (Wildman–Crippen MR) is 88.1 cm³/mol. The summed E-state index contributed by atoms with van der Waals surface area (Å²) in [6.45, 7) is 5.72. The molecule has 1 saturated heterocycles. The van der Waals surface area contributed by atoms with E-state index in [4.69, 9.17) is 16.3 Å². The third kappa shape index (κ3) is 2.88. The summed E-state index contributed by atoms with van der Waals surface area (Å²) in [6.07, 6.45) is 0. The Hall–Kier alpha value is -1.44. The van der Waals surface area contributed by atoms with Gasteiger partial charge in [0, 0.05) is 31.6 Å². The monoisotopic (exact) mass is 340 g/mol. The lowest BCUT2D eigenvalue weighted by atomic mass is 10.2. The molecule has 1 fully saturated rings. The van der Waals surface area contributed by atoms with Crippen molar-refractivity contribution in [1.29, 1.82) is 0 Å². The first kappa shape index (κ1) is 15.5. The highest BCUT2D eigenvalue weighted by atomic mass is 35.5. The molecule has 0 atom stereocenters. The largest absolute Gasteiger partial charge is 0.462 e. The quantitative estimate of drug-likeness (QED) is 0.631. The Kier molecular flexibility index (Phi) is 4.46. The molecule has 0 saturated carbocycles. The van der Waals surface area contributed by atoms with Crippen molar-refractivity contribution >= 4 is 44.9 Å². The van der Waals surface area contributed by atoms with E-state index in [-0.39, 0.29) is 11.3 Å². The van der Waals surface area contributed by atoms with E-state index in [1.54, 1.807) is 12.3 Å². The maximum atomic E-state index is 12.2. The van der Waals surface area contributed by atoms with Gasteiger partial charge in [0.15, 0.2) is 0 Å². The molecule has 3 heterocycles. The third-order valence-corrected chi connectivity index (χ3v) is 4.73. The van der Waals surface area contributed by atoms with Gasteiger partial charge < -0.3 is 14.5 Å². The molecule has 0 radical (unpaired) electrons. The van der Waals surface area contributed by atoms with Gasteiger partial charge in [0.2, 0.25) is 5.28 Å². The minimum absolute atomic E-state index is 0.207. The molecule has 8 heteroatoms. The average molecular weight is 341 g/mol. The summed E-state index contributed by atoms with van der Waals surface area (Å²) in [5, 5.41) is 2.73. The minimum Gasteiger partial charge on any atom is -0.462 e. The Morgan fingerprint density at radius 2 is 2.09 bits per heavy atom. The van der Waals surface area contributed by atoms with Crippen LogP contribution in [0.2, 0.25) is 5.28 Å². The minimum atomic E-state index is -0.338. The Morgan fingerprint density at radius 1 is 1.36 bits per heavy atom. The number of fused-ring (bicyclic) bond motifs is 1. The first-order valence-electron chi connectivity index (χ1n) is 7.15. The summed E-state index contributed by atoms with van der Waals surface area (Å²) < 4.78 is 5.14. The van der Waals surface area contributed by atoms with Crippen molar-refractivity contribution < 1.29 is 9.53 Å². The molecule has 0 amide bonds. The van der Waals surface area contributed by atoms with E-state index in [0.717, 1.165) is 42.2 Å². The molecular formula is C14H17ClN4O2S. The molecule has 1 aliphatic rings. The zero-order chi connectivity index (χ0) is 15.7. The molecule has 2 aromatic heterocycles. The highest BCUT2D eigenvalue weighted by Gasteiger charge is 2.24. The van der Waals surface area contributed by atoms with Crippen LogP contribution in [0.5, 0.6) is 0 Å². The van der Waals surface area contributed by atoms with E-state index in [1.165, 1.54) is 11.3 Å². The van der Waals surface area contributed by atoms with Gasteiger partial charge in [0.25, 0.3) is 0 Å². The van der Waals surface area contributed by atoms with E-state index >= 15 is 0 Å². The van der Waals surface area contributed by atoms with Crippen molar-refractivity contribution in [2.24, 2.45) is 0 Å². The Labute approximate surface area is 137 Å². The molecular weight excluding hydrogens is 324 g/mol. The summed E-state index contributed by atoms with van der Waals surface area (Å²) in [5.74, 6) is 0.391. The van der Waals surface area contributed by atoms with Crippen LogP contribution in [-0.2, 0) is 4.74 Å². The second-order valence-electron chi connectivity index (χ2n) is 5.16. The standard InChI is InChI=1S/C14H17ClN4O2S/c1-3-21-13(20)9-8-22-12-10(9)11(16-14(15)17-12)19-6-4-18(2)5-7-19/h8H,3-7H2,1-2H3. The van der Waals surface area contributed by atoms with Crippen molar-refractivity contribution in [3.05, 3.63) is 16.2 Å². The van der Waals surface area contributed by atoms with E-state index in [0.29, 0.717) is 12.2 Å². The van der Waals surface area contributed by atoms with E-state index in [9.17, 15) is 4.79 Å². The number of carbonyl (C=O) groups is 1. The maximum absolute atomic E-state index is 12.2. The summed E-state index contributed by atoms with van der Waals surface area (Å²) >= 11 is 7.44. The topological polar surface area (TPSA) is 58.6 Å². The number of hydrogen-bond acceptors (Lipinski definition) is 7. The Bertz CT molecular complexity index is 697. The van der Waals surface area contributed by atoms with E-state index in [1.807, 2.05) is 0 Å². The van der Waals surface area contributed by atoms with Gasteiger partial charge in [-0.05, 0) is 25.6 Å². The number of esters is 1. The number of anilines is 1. The van der Waals surface area contributed by atoms with E-state index in [2.05, 4.69) is 26.8 Å². The van der Waals surface area contributed by atoms with Crippen LogP contribution >= 0.6 is 22.9 Å². The molecule has 6 nitrogen and oxygen atoms in total. The molecule has 3 rings (SSSR count). The number of aromatic nitrogens is 2. The summed E-state index contributed by atoms with van der Waals surface area (Å²) in [4.78, 5) is 25.9. The normalized spacial score (nSPS) is 16.2. The van der Waals surface area contributed by atoms with Gasteiger partial charge in [-0.15, -0.1) is 11.3 Å². The van der Waals surface area contributed by atoms with Crippen molar-refractivity contribution in [1.82, 2.24) is 14.9 Å². The van der Waals surface area contributed by atoms with Crippen LogP contribution in [0, 0.1) is 0 Å². The van der Waals surface area contributed by atoms with Gasteiger partial charge in [0.1, 0.15) is 10.6 Å². The SMILES string of the molecule is CCOC(=O)c1csc2nc(Cl)nc(N3CCN(C)CC3)c12. The number of piperazine rings is 1. The zero-order valence-corrected chi connectivity index (χ0v) is 14.1. The number of likely N-dealkylation sites (N-methyl/N-ethyl adjacent to an activating group) is 1. The van der Waals surface area contributed by atoms with Crippen molar-refractivity contribution in [3.63, 3.8) is 0 Å². The number of ether oxygens (including phenoxy) is 1. The van der Waals surface area contributed by atoms with Crippen molar-refractivity contribution in [3.8, 4) is 0 Å². The summed E-state index contributed by atoms with van der Waals surface area (Å²) in [5.41, 5.74) is 0.521. The Balaban J connectivity index is 2.07. The highest BCUT2D eigenvalue weighted by Crippen LogP contribution is 2.34. The molecule has 118 valence electrons. The molecule has 0 N–H and O–H groups in total. The van der Waals surface area contributed by atoms with Gasteiger partial charge in [-0.1, -0.05) is 0 Å². The molecule has 22 heavy (non-hydrogen) atoms. The maximum Gasteiger partial charge on any atom is 0.339 e. The van der Waals surface area contributed by atoms with Gasteiger partial charge >= 0.3 is 5.97 Å². The van der Waals surface area contributed by atoms with Gasteiger partial charge in [0.05, 0.1) is 17.6 Å². The first-order chi connectivity index (χ1) is 10.6. The van der Waals surface area contributed by atoms with Crippen molar-refractivity contribution in [2.75, 3.05) is 44.7 Å². The second-order valence-corrected chi connectivity index (χ2v) is 6.35. The lowest BCUT2D eigenvalue weighted by Gasteiger charge is -2.33. The van der Waals surface area contributed by atoms with Crippen LogP contribution in [-0.4, -0.2) is 60.7 Å².